The van der Waals surface area contributed by atoms with Gasteiger partial charge in [-0.25, -0.2) is 8.42 Å². The Bertz CT molecular complexity index is 532. The van der Waals surface area contributed by atoms with Gasteiger partial charge in [-0.2, -0.15) is 9.40 Å². The van der Waals surface area contributed by atoms with Gasteiger partial charge in [-0.3, -0.25) is 5.10 Å². The van der Waals surface area contributed by atoms with E-state index in [0.717, 1.165) is 19.4 Å². The number of aromatic amines is 1. The number of aromatic nitrogens is 2. The lowest BCUT2D eigenvalue weighted by Gasteiger charge is -2.32. The van der Waals surface area contributed by atoms with Crippen molar-refractivity contribution in [2.24, 2.45) is 11.7 Å². The van der Waals surface area contributed by atoms with E-state index < -0.39 is 10.0 Å². The molecule has 2 rings (SSSR count). The molecule has 1 aromatic heterocycles. The predicted octanol–water partition coefficient (Wildman–Crippen LogP) is -0.169. The monoisotopic (exact) mass is 301 g/mol. The highest BCUT2D eigenvalue weighted by molar-refractivity contribution is 7.89. The van der Waals surface area contributed by atoms with Gasteiger partial charge in [0.05, 0.1) is 6.20 Å². The molecule has 1 saturated heterocycles. The highest BCUT2D eigenvalue weighted by Crippen LogP contribution is 2.24. The Hall–Kier alpha value is -0.960. The maximum atomic E-state index is 12.5. The smallest absolute Gasteiger partial charge is 0.260 e. The fraction of sp³-hybridized carbons (Fsp3) is 0.750. The van der Waals surface area contributed by atoms with Gasteiger partial charge >= 0.3 is 0 Å². The van der Waals surface area contributed by atoms with Gasteiger partial charge in [-0.1, -0.05) is 0 Å². The number of rotatable bonds is 5. The van der Waals surface area contributed by atoms with Crippen LogP contribution in [0.3, 0.4) is 0 Å². The zero-order chi connectivity index (χ0) is 14.8. The average Bonchev–Trinajstić information content (AvgIpc) is 2.87. The van der Waals surface area contributed by atoms with E-state index in [-0.39, 0.29) is 11.6 Å². The maximum Gasteiger partial charge on any atom is 0.260 e. The molecule has 3 N–H and O–H groups in total. The Balaban J connectivity index is 2.06. The molecule has 8 heteroatoms. The Kier molecular flexibility index (Phi) is 4.79. The van der Waals surface area contributed by atoms with Crippen LogP contribution in [0.1, 0.15) is 18.4 Å². The summed E-state index contributed by atoms with van der Waals surface area (Å²) in [7, 11) is 0.594. The predicted molar refractivity (Wildman–Crippen MR) is 76.5 cm³/mol. The third-order valence-corrected chi connectivity index (χ3v) is 5.61. The minimum atomic E-state index is -3.49. The number of H-pyrrole nitrogens is 1. The summed E-state index contributed by atoms with van der Waals surface area (Å²) in [6, 6.07) is 0. The third-order valence-electron chi connectivity index (χ3n) is 3.69. The van der Waals surface area contributed by atoms with Crippen LogP contribution in [0.15, 0.2) is 11.2 Å². The van der Waals surface area contributed by atoms with E-state index in [0.29, 0.717) is 24.6 Å². The van der Waals surface area contributed by atoms with Crippen LogP contribution < -0.4 is 5.73 Å². The van der Waals surface area contributed by atoms with Gasteiger partial charge < -0.3 is 10.6 Å². The Morgan fingerprint density at radius 2 is 2.10 bits per heavy atom. The first-order valence-electron chi connectivity index (χ1n) is 6.82. The molecule has 1 aliphatic rings. The molecule has 1 aromatic rings. The van der Waals surface area contributed by atoms with E-state index in [1.807, 2.05) is 14.1 Å². The molecule has 0 aliphatic carbocycles. The number of piperidine rings is 1. The zero-order valence-electron chi connectivity index (χ0n) is 12.0. The molecule has 1 fully saturated rings. The molecule has 0 radical (unpaired) electrons. The van der Waals surface area contributed by atoms with Crippen LogP contribution >= 0.6 is 0 Å². The summed E-state index contributed by atoms with van der Waals surface area (Å²) in [5, 5.41) is 6.51. The van der Waals surface area contributed by atoms with E-state index in [9.17, 15) is 8.42 Å². The van der Waals surface area contributed by atoms with Crippen molar-refractivity contribution in [3.8, 4) is 0 Å². The number of hydrogen-bond acceptors (Lipinski definition) is 5. The molecule has 0 spiro atoms. The number of nitrogens with zero attached hydrogens (tertiary/aromatic N) is 3. The van der Waals surface area contributed by atoms with Crippen molar-refractivity contribution in [1.82, 2.24) is 19.4 Å². The van der Waals surface area contributed by atoms with Crippen LogP contribution in [0, 0.1) is 5.92 Å². The second-order valence-corrected chi connectivity index (χ2v) is 7.41. The first-order chi connectivity index (χ1) is 9.45. The van der Waals surface area contributed by atoms with Gasteiger partial charge in [-0.15, -0.1) is 0 Å². The number of hydrogen-bond donors (Lipinski definition) is 2. The highest BCUT2D eigenvalue weighted by Gasteiger charge is 2.31. The summed E-state index contributed by atoms with van der Waals surface area (Å²) in [5.41, 5.74) is 6.09. The second-order valence-electron chi connectivity index (χ2n) is 5.54. The van der Waals surface area contributed by atoms with Gasteiger partial charge in [0.15, 0.2) is 5.03 Å². The summed E-state index contributed by atoms with van der Waals surface area (Å²) in [5.74, 6) is 0.562. The summed E-state index contributed by atoms with van der Waals surface area (Å²) < 4.78 is 26.6. The van der Waals surface area contributed by atoms with Gasteiger partial charge in [0.25, 0.3) is 10.0 Å². The fourth-order valence-electron chi connectivity index (χ4n) is 2.65. The fourth-order valence-corrected chi connectivity index (χ4v) is 4.23. The SMILES string of the molecule is CN(C)CC1CCN(S(=O)(=O)c2[nH]ncc2CN)CC1. The number of nitrogens with one attached hydrogen (secondary N) is 1. The minimum Gasteiger partial charge on any atom is -0.326 e. The molecule has 0 saturated carbocycles. The Morgan fingerprint density at radius 1 is 1.45 bits per heavy atom. The molecule has 2 heterocycles. The van der Waals surface area contributed by atoms with Crippen molar-refractivity contribution in [2.75, 3.05) is 33.7 Å². The lowest BCUT2D eigenvalue weighted by molar-refractivity contribution is 0.224. The number of nitrogens with two attached hydrogens (primary N) is 1. The second kappa shape index (κ2) is 6.21. The van der Waals surface area contributed by atoms with E-state index in [1.165, 1.54) is 10.5 Å². The summed E-state index contributed by atoms with van der Waals surface area (Å²) in [6.45, 7) is 2.29. The van der Waals surface area contributed by atoms with E-state index >= 15 is 0 Å². The normalized spacial score (nSPS) is 18.8. The molecule has 0 amide bonds. The zero-order valence-corrected chi connectivity index (χ0v) is 12.9. The average molecular weight is 301 g/mol. The quantitative estimate of drug-likeness (QED) is 0.787. The van der Waals surface area contributed by atoms with E-state index in [4.69, 9.17) is 5.73 Å². The largest absolute Gasteiger partial charge is 0.326 e. The van der Waals surface area contributed by atoms with Crippen molar-refractivity contribution < 1.29 is 8.42 Å². The van der Waals surface area contributed by atoms with Crippen molar-refractivity contribution in [3.63, 3.8) is 0 Å². The molecule has 0 bridgehead atoms. The molecule has 0 unspecified atom stereocenters. The molecule has 0 aromatic carbocycles. The Morgan fingerprint density at radius 3 is 2.65 bits per heavy atom. The van der Waals surface area contributed by atoms with Crippen LogP contribution in [-0.2, 0) is 16.6 Å². The number of sulfonamides is 1. The van der Waals surface area contributed by atoms with Crippen LogP contribution in [0.4, 0.5) is 0 Å². The first-order valence-corrected chi connectivity index (χ1v) is 8.26. The minimum absolute atomic E-state index is 0.144. The van der Waals surface area contributed by atoms with Crippen molar-refractivity contribution in [3.05, 3.63) is 11.8 Å². The summed E-state index contributed by atoms with van der Waals surface area (Å²) in [6.07, 6.45) is 3.26. The molecule has 7 nitrogen and oxygen atoms in total. The summed E-state index contributed by atoms with van der Waals surface area (Å²) >= 11 is 0. The highest BCUT2D eigenvalue weighted by atomic mass is 32.2. The lowest BCUT2D eigenvalue weighted by atomic mass is 9.98. The van der Waals surface area contributed by atoms with Gasteiger partial charge in [0.2, 0.25) is 0 Å². The Labute approximate surface area is 120 Å². The van der Waals surface area contributed by atoms with Crippen molar-refractivity contribution >= 4 is 10.0 Å². The molecule has 20 heavy (non-hydrogen) atoms. The van der Waals surface area contributed by atoms with E-state index in [1.54, 1.807) is 0 Å². The van der Waals surface area contributed by atoms with Gasteiger partial charge in [0, 0.05) is 31.7 Å². The third kappa shape index (κ3) is 3.20. The van der Waals surface area contributed by atoms with Crippen molar-refractivity contribution in [1.29, 1.82) is 0 Å². The lowest BCUT2D eigenvalue weighted by Crippen LogP contribution is -2.41. The van der Waals surface area contributed by atoms with Crippen LogP contribution in [0.2, 0.25) is 0 Å². The topological polar surface area (TPSA) is 95.3 Å². The molecule has 0 atom stereocenters. The summed E-state index contributed by atoms with van der Waals surface area (Å²) in [4.78, 5) is 2.15. The first kappa shape index (κ1) is 15.4. The molecular weight excluding hydrogens is 278 g/mol. The van der Waals surface area contributed by atoms with Crippen LogP contribution in [0.5, 0.6) is 0 Å². The van der Waals surface area contributed by atoms with Gasteiger partial charge in [0.1, 0.15) is 0 Å². The van der Waals surface area contributed by atoms with Gasteiger partial charge in [-0.05, 0) is 32.9 Å². The molecule has 114 valence electrons. The maximum absolute atomic E-state index is 12.5. The standard InChI is InChI=1S/C12H23N5O2S/c1-16(2)9-10-3-5-17(6-4-10)20(18,19)12-11(7-13)8-14-15-12/h8,10H,3-7,9,13H2,1-2H3,(H,14,15). The van der Waals surface area contributed by atoms with Crippen LogP contribution in [-0.4, -0.2) is 61.5 Å². The van der Waals surface area contributed by atoms with E-state index in [2.05, 4.69) is 15.1 Å². The van der Waals surface area contributed by atoms with Crippen molar-refractivity contribution in [2.45, 2.75) is 24.4 Å². The molecular formula is C12H23N5O2S. The van der Waals surface area contributed by atoms with Crippen LogP contribution in [0.25, 0.3) is 0 Å². The molecule has 1 aliphatic heterocycles.